The van der Waals surface area contributed by atoms with Crippen LogP contribution in [0.4, 0.5) is 10.1 Å². The Bertz CT molecular complexity index is 1150. The fourth-order valence-corrected chi connectivity index (χ4v) is 5.32. The molecule has 1 aliphatic heterocycles. The number of aromatic nitrogens is 1. The predicted octanol–water partition coefficient (Wildman–Crippen LogP) is 4.04. The zero-order valence-corrected chi connectivity index (χ0v) is 17.9. The van der Waals surface area contributed by atoms with E-state index in [1.807, 2.05) is 6.92 Å². The van der Waals surface area contributed by atoms with Crippen molar-refractivity contribution < 1.29 is 17.5 Å². The van der Waals surface area contributed by atoms with Crippen LogP contribution in [0.2, 0.25) is 0 Å². The number of aromatic amines is 1. The molecule has 6 nitrogen and oxygen atoms in total. The average molecular weight is 432 g/mol. The van der Waals surface area contributed by atoms with Gasteiger partial charge in [0.15, 0.2) is 0 Å². The predicted molar refractivity (Wildman–Crippen MR) is 115 cm³/mol. The molecule has 1 aliphatic rings. The van der Waals surface area contributed by atoms with E-state index in [4.69, 9.17) is 4.74 Å². The van der Waals surface area contributed by atoms with Crippen molar-refractivity contribution in [2.45, 2.75) is 35.6 Å². The molecule has 160 valence electrons. The molecule has 0 aliphatic carbocycles. The third-order valence-electron chi connectivity index (χ3n) is 5.53. The summed E-state index contributed by atoms with van der Waals surface area (Å²) in [6, 6.07) is 9.20. The van der Waals surface area contributed by atoms with Crippen molar-refractivity contribution in [1.29, 1.82) is 0 Å². The van der Waals surface area contributed by atoms with E-state index in [0.29, 0.717) is 28.9 Å². The normalized spacial score (nSPS) is 16.1. The van der Waals surface area contributed by atoms with Crippen molar-refractivity contribution in [1.82, 2.24) is 9.88 Å². The van der Waals surface area contributed by atoms with Crippen LogP contribution in [0.3, 0.4) is 0 Å². The number of anilines is 1. The van der Waals surface area contributed by atoms with Crippen molar-refractivity contribution in [3.05, 3.63) is 48.4 Å². The van der Waals surface area contributed by atoms with Crippen molar-refractivity contribution in [3.63, 3.8) is 0 Å². The van der Waals surface area contributed by atoms with Gasteiger partial charge in [0.25, 0.3) is 0 Å². The number of ether oxygens (including phenoxy) is 1. The second-order valence-corrected chi connectivity index (χ2v) is 9.58. The summed E-state index contributed by atoms with van der Waals surface area (Å²) < 4.78 is 45.9. The van der Waals surface area contributed by atoms with Gasteiger partial charge in [0.2, 0.25) is 9.84 Å². The van der Waals surface area contributed by atoms with E-state index in [2.05, 4.69) is 22.2 Å². The van der Waals surface area contributed by atoms with Gasteiger partial charge in [-0.3, -0.25) is 0 Å². The first kappa shape index (κ1) is 20.7. The summed E-state index contributed by atoms with van der Waals surface area (Å²) in [5.41, 5.74) is 1.13. The van der Waals surface area contributed by atoms with E-state index in [1.165, 1.54) is 24.4 Å². The number of sulfone groups is 1. The highest BCUT2D eigenvalue weighted by molar-refractivity contribution is 7.91. The first-order valence-corrected chi connectivity index (χ1v) is 11.6. The molecule has 2 N–H and O–H groups in total. The van der Waals surface area contributed by atoms with E-state index in [-0.39, 0.29) is 15.8 Å². The van der Waals surface area contributed by atoms with Gasteiger partial charge in [-0.2, -0.15) is 0 Å². The van der Waals surface area contributed by atoms with Gasteiger partial charge in [-0.05, 0) is 76.3 Å². The minimum absolute atomic E-state index is 0.131. The van der Waals surface area contributed by atoms with Gasteiger partial charge in [-0.1, -0.05) is 0 Å². The van der Waals surface area contributed by atoms with Crippen molar-refractivity contribution in [2.75, 3.05) is 32.1 Å². The number of benzene rings is 2. The van der Waals surface area contributed by atoms with Crippen LogP contribution >= 0.6 is 0 Å². The molecular weight excluding hydrogens is 405 g/mol. The summed E-state index contributed by atoms with van der Waals surface area (Å²) in [4.78, 5) is 5.44. The first-order valence-electron chi connectivity index (χ1n) is 10.1. The highest BCUT2D eigenvalue weighted by atomic mass is 32.2. The van der Waals surface area contributed by atoms with Crippen LogP contribution in [0.1, 0.15) is 19.8 Å². The monoisotopic (exact) mass is 431 g/mol. The Morgan fingerprint density at radius 1 is 1.20 bits per heavy atom. The van der Waals surface area contributed by atoms with E-state index < -0.39 is 15.7 Å². The van der Waals surface area contributed by atoms with E-state index >= 15 is 0 Å². The smallest absolute Gasteiger partial charge is 0.208 e. The number of nitrogens with one attached hydrogen (secondary N) is 2. The second-order valence-electron chi connectivity index (χ2n) is 7.66. The summed E-state index contributed by atoms with van der Waals surface area (Å²) in [6.45, 7) is 4.37. The molecule has 0 unspecified atom stereocenters. The lowest BCUT2D eigenvalue weighted by molar-refractivity contribution is 0.263. The van der Waals surface area contributed by atoms with Crippen LogP contribution < -0.4 is 10.1 Å². The number of halogens is 1. The Morgan fingerprint density at radius 2 is 1.97 bits per heavy atom. The molecule has 1 aromatic heterocycles. The Balaban J connectivity index is 1.70. The van der Waals surface area contributed by atoms with E-state index in [1.54, 1.807) is 18.2 Å². The molecule has 2 heterocycles. The molecule has 0 radical (unpaired) electrons. The van der Waals surface area contributed by atoms with Gasteiger partial charge in [-0.15, -0.1) is 0 Å². The molecule has 0 bridgehead atoms. The highest BCUT2D eigenvalue weighted by Crippen LogP contribution is 2.34. The minimum Gasteiger partial charge on any atom is -0.492 e. The molecule has 0 amide bonds. The van der Waals surface area contributed by atoms with Gasteiger partial charge >= 0.3 is 0 Å². The fourth-order valence-electron chi connectivity index (χ4n) is 3.86. The summed E-state index contributed by atoms with van der Waals surface area (Å²) in [5, 5.41) is 3.95. The number of nitrogens with zero attached hydrogens (tertiary/aromatic N) is 1. The van der Waals surface area contributed by atoms with Crippen molar-refractivity contribution >= 4 is 26.4 Å². The van der Waals surface area contributed by atoms with Crippen LogP contribution in [0.25, 0.3) is 10.9 Å². The number of H-pyrrole nitrogens is 1. The van der Waals surface area contributed by atoms with Gasteiger partial charge < -0.3 is 19.9 Å². The van der Waals surface area contributed by atoms with Crippen LogP contribution in [0.15, 0.2) is 52.4 Å². The Hall–Kier alpha value is -2.58. The van der Waals surface area contributed by atoms with Crippen LogP contribution in [-0.4, -0.2) is 51.1 Å². The molecule has 1 fully saturated rings. The van der Waals surface area contributed by atoms with E-state index in [0.717, 1.165) is 25.9 Å². The van der Waals surface area contributed by atoms with Crippen LogP contribution in [0, 0.1) is 5.82 Å². The maximum Gasteiger partial charge on any atom is 0.208 e. The number of hydrogen-bond donors (Lipinski definition) is 2. The second kappa shape index (κ2) is 8.28. The van der Waals surface area contributed by atoms with Crippen LogP contribution in [0.5, 0.6) is 5.75 Å². The molecule has 4 rings (SSSR count). The number of likely N-dealkylation sites (tertiary alicyclic amines) is 1. The Labute approximate surface area is 176 Å². The molecule has 8 heteroatoms. The summed E-state index contributed by atoms with van der Waals surface area (Å²) in [6.07, 6.45) is 3.38. The maximum absolute atomic E-state index is 13.5. The number of hydrogen-bond acceptors (Lipinski definition) is 5. The highest BCUT2D eigenvalue weighted by Gasteiger charge is 2.24. The number of rotatable bonds is 6. The first-order chi connectivity index (χ1) is 14.4. The molecule has 0 atom stereocenters. The fraction of sp³-hybridized carbons (Fsp3) is 0.364. The lowest BCUT2D eigenvalue weighted by Crippen LogP contribution is -2.36. The summed E-state index contributed by atoms with van der Waals surface area (Å²) in [7, 11) is -1.70. The Kier molecular flexibility index (Phi) is 5.71. The zero-order chi connectivity index (χ0) is 21.3. The molecular formula is C22H26FN3O3S. The third-order valence-corrected chi connectivity index (χ3v) is 7.33. The summed E-state index contributed by atoms with van der Waals surface area (Å²) >= 11 is 0. The zero-order valence-electron chi connectivity index (χ0n) is 17.1. The molecule has 1 saturated heterocycles. The van der Waals surface area contributed by atoms with Crippen molar-refractivity contribution in [3.8, 4) is 5.75 Å². The lowest BCUT2D eigenvalue weighted by atomic mass is 10.1. The van der Waals surface area contributed by atoms with Crippen molar-refractivity contribution in [2.24, 2.45) is 0 Å². The number of piperidine rings is 1. The largest absolute Gasteiger partial charge is 0.492 e. The van der Waals surface area contributed by atoms with Crippen LogP contribution in [-0.2, 0) is 9.84 Å². The molecule has 0 saturated carbocycles. The maximum atomic E-state index is 13.5. The number of fused-ring (bicyclic) bond motifs is 1. The van der Waals surface area contributed by atoms with Gasteiger partial charge in [0.1, 0.15) is 11.6 Å². The summed E-state index contributed by atoms with van der Waals surface area (Å²) in [5.74, 6) is 0.218. The lowest BCUT2D eigenvalue weighted by Gasteiger charge is -2.30. The van der Waals surface area contributed by atoms with Gasteiger partial charge in [-0.25, -0.2) is 12.8 Å². The minimum atomic E-state index is -3.80. The molecule has 30 heavy (non-hydrogen) atoms. The average Bonchev–Trinajstić information content (AvgIpc) is 3.15. The topological polar surface area (TPSA) is 74.4 Å². The molecule has 0 spiro atoms. The molecule has 2 aromatic carbocycles. The van der Waals surface area contributed by atoms with E-state index in [9.17, 15) is 12.8 Å². The third kappa shape index (κ3) is 4.02. The SMILES string of the molecule is CCOc1ccc(S(=O)(=O)c2c[nH]c3cc(F)ccc23)cc1NC1CCN(C)CC1. The molecule has 3 aromatic rings. The van der Waals surface area contributed by atoms with Gasteiger partial charge in [0.05, 0.1) is 22.1 Å². The quantitative estimate of drug-likeness (QED) is 0.616. The van der Waals surface area contributed by atoms with Gasteiger partial charge in [0, 0.05) is 23.1 Å². The standard InChI is InChI=1S/C22H26FN3O3S/c1-3-29-21-7-5-17(13-20(21)25-16-8-10-26(2)11-9-16)30(27,28)22-14-24-19-12-15(23)4-6-18(19)22/h4-7,12-14,16,24-25H,3,8-11H2,1-2H3. The Morgan fingerprint density at radius 3 is 2.70 bits per heavy atom.